The third kappa shape index (κ3) is 2.20. The molecule has 0 spiro atoms. The number of nitrogens with one attached hydrogen (secondary N) is 1. The Morgan fingerprint density at radius 2 is 2.10 bits per heavy atom. The Bertz CT molecular complexity index is 862. The third-order valence-electron chi connectivity index (χ3n) is 3.29. The first-order valence-electron chi connectivity index (χ1n) is 6.33. The molecule has 1 atom stereocenters. The number of esters is 1. The first-order chi connectivity index (χ1) is 10.2. The maximum absolute atomic E-state index is 11.8. The predicted molar refractivity (Wildman–Crippen MR) is 85.5 cm³/mol. The van der Waals surface area contributed by atoms with Crippen LogP contribution in [0, 0.1) is 0 Å². The molecule has 1 aromatic heterocycles. The molecule has 2 aromatic carbocycles. The molecule has 0 bridgehead atoms. The Morgan fingerprint density at radius 3 is 3.00 bits per heavy atom. The second-order valence-electron chi connectivity index (χ2n) is 4.65. The normalized spacial score (nSPS) is 16.8. The van der Waals surface area contributed by atoms with Crippen LogP contribution in [0.2, 0.25) is 0 Å². The maximum atomic E-state index is 11.8. The standard InChI is InChI=1S/C15H9BrN2O2S/c16-8-5-6-11-12(7-8)21-15(17-11)18-13-9-3-1-2-4-10(9)14(19)20-13/h1-7,13H,(H,17,18)/t13-/m0/s1. The summed E-state index contributed by atoms with van der Waals surface area (Å²) in [6.45, 7) is 0. The molecule has 2 heterocycles. The average Bonchev–Trinajstić information content (AvgIpc) is 3.01. The van der Waals surface area contributed by atoms with Gasteiger partial charge < -0.3 is 10.1 Å². The number of thiazole rings is 1. The summed E-state index contributed by atoms with van der Waals surface area (Å²) in [5.41, 5.74) is 2.38. The second kappa shape index (κ2) is 4.82. The highest BCUT2D eigenvalue weighted by Crippen LogP contribution is 2.34. The summed E-state index contributed by atoms with van der Waals surface area (Å²) in [5, 5.41) is 3.92. The van der Waals surface area contributed by atoms with Crippen molar-refractivity contribution in [1.29, 1.82) is 0 Å². The molecule has 1 N–H and O–H groups in total. The molecule has 3 aromatic rings. The monoisotopic (exact) mass is 360 g/mol. The molecule has 4 rings (SSSR count). The lowest BCUT2D eigenvalue weighted by atomic mass is 10.1. The highest BCUT2D eigenvalue weighted by Gasteiger charge is 2.30. The minimum absolute atomic E-state index is 0.299. The second-order valence-corrected chi connectivity index (χ2v) is 6.59. The zero-order valence-corrected chi connectivity index (χ0v) is 13.1. The van der Waals surface area contributed by atoms with Crippen LogP contribution in [0.1, 0.15) is 22.1 Å². The molecule has 21 heavy (non-hydrogen) atoms. The van der Waals surface area contributed by atoms with Crippen LogP contribution in [-0.2, 0) is 4.74 Å². The molecule has 4 nitrogen and oxygen atoms in total. The first-order valence-corrected chi connectivity index (χ1v) is 7.94. The van der Waals surface area contributed by atoms with Crippen molar-refractivity contribution >= 4 is 48.6 Å². The topological polar surface area (TPSA) is 51.2 Å². The minimum Gasteiger partial charge on any atom is -0.434 e. The number of hydrogen-bond acceptors (Lipinski definition) is 5. The first kappa shape index (κ1) is 12.8. The molecule has 104 valence electrons. The van der Waals surface area contributed by atoms with Gasteiger partial charge in [0, 0.05) is 10.0 Å². The van der Waals surface area contributed by atoms with E-state index >= 15 is 0 Å². The molecule has 0 saturated heterocycles. The Morgan fingerprint density at radius 1 is 1.24 bits per heavy atom. The number of halogens is 1. The van der Waals surface area contributed by atoms with Gasteiger partial charge in [-0.25, -0.2) is 9.78 Å². The number of benzene rings is 2. The van der Waals surface area contributed by atoms with Crippen molar-refractivity contribution < 1.29 is 9.53 Å². The lowest BCUT2D eigenvalue weighted by molar-refractivity contribution is 0.0437. The highest BCUT2D eigenvalue weighted by molar-refractivity contribution is 9.10. The third-order valence-corrected chi connectivity index (χ3v) is 4.74. The van der Waals surface area contributed by atoms with E-state index in [-0.39, 0.29) is 5.97 Å². The van der Waals surface area contributed by atoms with E-state index in [2.05, 4.69) is 26.2 Å². The Kier molecular flexibility index (Phi) is 2.94. The number of nitrogens with zero attached hydrogens (tertiary/aromatic N) is 1. The Labute approximate surface area is 132 Å². The van der Waals surface area contributed by atoms with Gasteiger partial charge in [-0.3, -0.25) is 0 Å². The van der Waals surface area contributed by atoms with Crippen LogP contribution in [0.5, 0.6) is 0 Å². The fourth-order valence-corrected chi connectivity index (χ4v) is 3.76. The van der Waals surface area contributed by atoms with E-state index in [1.807, 2.05) is 36.4 Å². The number of rotatable bonds is 2. The summed E-state index contributed by atoms with van der Waals surface area (Å²) < 4.78 is 7.45. The molecular formula is C15H9BrN2O2S. The highest BCUT2D eigenvalue weighted by atomic mass is 79.9. The quantitative estimate of drug-likeness (QED) is 0.690. The summed E-state index contributed by atoms with van der Waals surface area (Å²) in [5.74, 6) is -0.299. The number of aromatic nitrogens is 1. The molecule has 0 unspecified atom stereocenters. The van der Waals surface area contributed by atoms with E-state index in [9.17, 15) is 4.79 Å². The molecule has 0 saturated carbocycles. The van der Waals surface area contributed by atoms with E-state index in [0.717, 1.165) is 25.4 Å². The average molecular weight is 361 g/mol. The van der Waals surface area contributed by atoms with Crippen LogP contribution in [-0.4, -0.2) is 11.0 Å². The van der Waals surface area contributed by atoms with E-state index in [4.69, 9.17) is 4.74 Å². The van der Waals surface area contributed by atoms with Crippen molar-refractivity contribution in [3.05, 3.63) is 58.1 Å². The smallest absolute Gasteiger partial charge is 0.340 e. The summed E-state index contributed by atoms with van der Waals surface area (Å²) in [6.07, 6.45) is -0.474. The van der Waals surface area contributed by atoms with Gasteiger partial charge in [0.05, 0.1) is 15.8 Å². The number of carbonyl (C=O) groups excluding carboxylic acids is 1. The van der Waals surface area contributed by atoms with Gasteiger partial charge >= 0.3 is 5.97 Å². The van der Waals surface area contributed by atoms with E-state index < -0.39 is 6.23 Å². The van der Waals surface area contributed by atoms with Crippen molar-refractivity contribution in [1.82, 2.24) is 4.98 Å². The number of ether oxygens (including phenoxy) is 1. The van der Waals surface area contributed by atoms with Crippen LogP contribution in [0.25, 0.3) is 10.2 Å². The minimum atomic E-state index is -0.474. The Hall–Kier alpha value is -1.92. The number of hydrogen-bond donors (Lipinski definition) is 1. The van der Waals surface area contributed by atoms with Gasteiger partial charge in [0.2, 0.25) is 6.23 Å². The van der Waals surface area contributed by atoms with Gasteiger partial charge in [-0.05, 0) is 24.3 Å². The van der Waals surface area contributed by atoms with E-state index in [1.165, 1.54) is 11.3 Å². The fraction of sp³-hybridized carbons (Fsp3) is 0.0667. The van der Waals surface area contributed by atoms with E-state index in [1.54, 1.807) is 6.07 Å². The zero-order chi connectivity index (χ0) is 14.4. The molecular weight excluding hydrogens is 352 g/mol. The van der Waals surface area contributed by atoms with Gasteiger partial charge in [0.25, 0.3) is 0 Å². The summed E-state index contributed by atoms with van der Waals surface area (Å²) in [7, 11) is 0. The van der Waals surface area contributed by atoms with Crippen LogP contribution in [0.3, 0.4) is 0 Å². The number of anilines is 1. The van der Waals surface area contributed by atoms with Crippen LogP contribution in [0.4, 0.5) is 5.13 Å². The summed E-state index contributed by atoms with van der Waals surface area (Å²) in [4.78, 5) is 16.3. The van der Waals surface area contributed by atoms with Crippen molar-refractivity contribution in [2.45, 2.75) is 6.23 Å². The van der Waals surface area contributed by atoms with E-state index in [0.29, 0.717) is 5.56 Å². The lowest BCUT2D eigenvalue weighted by Gasteiger charge is -2.11. The molecule has 1 aliphatic rings. The van der Waals surface area contributed by atoms with Gasteiger partial charge in [-0.1, -0.05) is 45.5 Å². The van der Waals surface area contributed by atoms with Crippen molar-refractivity contribution in [2.75, 3.05) is 5.32 Å². The van der Waals surface area contributed by atoms with Gasteiger partial charge in [-0.2, -0.15) is 0 Å². The SMILES string of the molecule is O=C1O[C@H](Nc2nc3ccc(Br)cc3s2)c2ccccc21. The zero-order valence-electron chi connectivity index (χ0n) is 10.7. The molecule has 0 aliphatic carbocycles. The molecule has 1 aliphatic heterocycles. The summed E-state index contributed by atoms with van der Waals surface area (Å²) >= 11 is 4.98. The predicted octanol–water partition coefficient (Wildman–Crippen LogP) is 4.34. The fourth-order valence-electron chi connectivity index (χ4n) is 2.33. The van der Waals surface area contributed by atoms with Crippen molar-refractivity contribution in [3.8, 4) is 0 Å². The van der Waals surface area contributed by atoms with Crippen molar-refractivity contribution in [3.63, 3.8) is 0 Å². The molecule has 6 heteroatoms. The number of cyclic esters (lactones) is 1. The summed E-state index contributed by atoms with van der Waals surface area (Å²) in [6, 6.07) is 13.3. The maximum Gasteiger partial charge on any atom is 0.340 e. The number of carbonyl (C=O) groups is 1. The largest absolute Gasteiger partial charge is 0.434 e. The van der Waals surface area contributed by atoms with Crippen LogP contribution in [0.15, 0.2) is 46.9 Å². The van der Waals surface area contributed by atoms with Gasteiger partial charge in [0.1, 0.15) is 0 Å². The van der Waals surface area contributed by atoms with Crippen LogP contribution >= 0.6 is 27.3 Å². The van der Waals surface area contributed by atoms with Crippen molar-refractivity contribution in [2.24, 2.45) is 0 Å². The molecule has 0 fully saturated rings. The Balaban J connectivity index is 1.68. The molecule has 0 radical (unpaired) electrons. The lowest BCUT2D eigenvalue weighted by Crippen LogP contribution is -2.09. The number of fused-ring (bicyclic) bond motifs is 2. The van der Waals surface area contributed by atoms with Gasteiger partial charge in [0.15, 0.2) is 5.13 Å². The van der Waals surface area contributed by atoms with Gasteiger partial charge in [-0.15, -0.1) is 0 Å². The van der Waals surface area contributed by atoms with Crippen LogP contribution < -0.4 is 5.32 Å². The molecule has 0 amide bonds.